The molecule has 1 saturated heterocycles. The number of halogens is 2. The van der Waals surface area contributed by atoms with Crippen LogP contribution in [0.25, 0.3) is 0 Å². The molecule has 1 aliphatic rings. The van der Waals surface area contributed by atoms with E-state index in [0.717, 1.165) is 6.07 Å². The lowest BCUT2D eigenvalue weighted by atomic mass is 10.3. The fourth-order valence-electron chi connectivity index (χ4n) is 2.90. The monoisotopic (exact) mass is 457 g/mol. The van der Waals surface area contributed by atoms with Gasteiger partial charge in [0.05, 0.1) is 32.6 Å². The molecule has 1 aliphatic heterocycles. The first-order valence-electron chi connectivity index (χ1n) is 9.06. The van der Waals surface area contributed by atoms with Gasteiger partial charge in [-0.2, -0.15) is 4.31 Å². The molecule has 2 aromatic carbocycles. The number of nitrogens with zero attached hydrogens (tertiary/aromatic N) is 1. The Balaban J connectivity index is 1.73. The number of anilines is 2. The smallest absolute Gasteiger partial charge is 0.246 e. The molecule has 162 valence electrons. The molecule has 30 heavy (non-hydrogen) atoms. The van der Waals surface area contributed by atoms with Gasteiger partial charge in [0, 0.05) is 23.8 Å². The molecular formula is C19H21ClFN3O5S. The standard InChI is InChI=1S/C19H21ClFN3O5S/c1-28-17-5-3-14(11-18(17)30(26,27)24-6-8-29-9-7-24)23-19(25)12-22-16-4-2-13(20)10-15(16)21/h2-5,10-11,22H,6-9,12H2,1H3,(H,23,25). The van der Waals surface area contributed by atoms with Crippen LogP contribution in [-0.4, -0.2) is 58.6 Å². The summed E-state index contributed by atoms with van der Waals surface area (Å²) in [5.74, 6) is -0.899. The van der Waals surface area contributed by atoms with E-state index in [-0.39, 0.29) is 46.7 Å². The molecule has 1 amide bonds. The van der Waals surface area contributed by atoms with Crippen LogP contribution in [-0.2, 0) is 19.6 Å². The Hall–Kier alpha value is -2.40. The molecular weight excluding hydrogens is 437 g/mol. The van der Waals surface area contributed by atoms with E-state index in [9.17, 15) is 17.6 Å². The zero-order valence-electron chi connectivity index (χ0n) is 16.2. The summed E-state index contributed by atoms with van der Waals surface area (Å²) in [6, 6.07) is 8.38. The summed E-state index contributed by atoms with van der Waals surface area (Å²) in [6.45, 7) is 0.864. The van der Waals surface area contributed by atoms with Crippen LogP contribution in [0.1, 0.15) is 0 Å². The van der Waals surface area contributed by atoms with E-state index in [0.29, 0.717) is 13.2 Å². The van der Waals surface area contributed by atoms with Gasteiger partial charge in [0.1, 0.15) is 16.5 Å². The molecule has 2 aromatic rings. The normalized spacial score (nSPS) is 14.9. The molecule has 0 unspecified atom stereocenters. The maximum absolute atomic E-state index is 13.8. The van der Waals surface area contributed by atoms with E-state index >= 15 is 0 Å². The summed E-state index contributed by atoms with van der Waals surface area (Å²) in [6.07, 6.45) is 0. The fraction of sp³-hybridized carbons (Fsp3) is 0.316. The van der Waals surface area contributed by atoms with Gasteiger partial charge in [0.2, 0.25) is 15.9 Å². The average molecular weight is 458 g/mol. The Bertz CT molecular complexity index is 1030. The van der Waals surface area contributed by atoms with Gasteiger partial charge >= 0.3 is 0 Å². The first kappa shape index (κ1) is 22.3. The number of rotatable bonds is 7. The van der Waals surface area contributed by atoms with Crippen LogP contribution in [0.15, 0.2) is 41.3 Å². The van der Waals surface area contributed by atoms with Gasteiger partial charge in [-0.05, 0) is 36.4 Å². The Labute approximate surface area is 179 Å². The van der Waals surface area contributed by atoms with Crippen molar-refractivity contribution in [2.75, 3.05) is 50.6 Å². The van der Waals surface area contributed by atoms with E-state index in [1.54, 1.807) is 0 Å². The van der Waals surface area contributed by atoms with Crippen molar-refractivity contribution in [3.8, 4) is 5.75 Å². The average Bonchev–Trinajstić information content (AvgIpc) is 2.73. The molecule has 0 radical (unpaired) electrons. The summed E-state index contributed by atoms with van der Waals surface area (Å²) < 4.78 is 51.5. The first-order chi connectivity index (χ1) is 14.3. The van der Waals surface area contributed by atoms with Crippen LogP contribution in [0.3, 0.4) is 0 Å². The van der Waals surface area contributed by atoms with Crippen LogP contribution in [0.2, 0.25) is 5.02 Å². The van der Waals surface area contributed by atoms with E-state index in [2.05, 4.69) is 10.6 Å². The molecule has 11 heteroatoms. The summed E-state index contributed by atoms with van der Waals surface area (Å²) in [7, 11) is -2.46. The largest absolute Gasteiger partial charge is 0.495 e. The van der Waals surface area contributed by atoms with Crippen LogP contribution >= 0.6 is 11.6 Å². The van der Waals surface area contributed by atoms with E-state index in [4.69, 9.17) is 21.1 Å². The van der Waals surface area contributed by atoms with Gasteiger partial charge in [-0.15, -0.1) is 0 Å². The SMILES string of the molecule is COc1ccc(NC(=O)CNc2ccc(Cl)cc2F)cc1S(=O)(=O)N1CCOCC1. The van der Waals surface area contributed by atoms with Crippen molar-refractivity contribution in [2.24, 2.45) is 0 Å². The number of carbonyl (C=O) groups excluding carboxylic acids is 1. The number of morpholine rings is 1. The van der Waals surface area contributed by atoms with Crippen molar-refractivity contribution in [3.05, 3.63) is 47.2 Å². The highest BCUT2D eigenvalue weighted by Crippen LogP contribution is 2.30. The summed E-state index contributed by atoms with van der Waals surface area (Å²) >= 11 is 5.70. The minimum atomic E-state index is -3.83. The van der Waals surface area contributed by atoms with Crippen molar-refractivity contribution in [1.29, 1.82) is 0 Å². The zero-order valence-corrected chi connectivity index (χ0v) is 17.7. The molecule has 0 spiro atoms. The third kappa shape index (κ3) is 5.20. The Morgan fingerprint density at radius 2 is 1.97 bits per heavy atom. The third-order valence-corrected chi connectivity index (χ3v) is 6.56. The number of hydrogen-bond donors (Lipinski definition) is 2. The summed E-state index contributed by atoms with van der Waals surface area (Å²) in [5.41, 5.74) is 0.394. The molecule has 0 aliphatic carbocycles. The second-order valence-electron chi connectivity index (χ2n) is 6.41. The molecule has 1 heterocycles. The van der Waals surface area contributed by atoms with Crippen molar-refractivity contribution in [2.45, 2.75) is 4.90 Å². The highest BCUT2D eigenvalue weighted by Gasteiger charge is 2.29. The topological polar surface area (TPSA) is 97.0 Å². The number of amides is 1. The van der Waals surface area contributed by atoms with Crippen LogP contribution in [0.5, 0.6) is 5.75 Å². The second kappa shape index (κ2) is 9.61. The van der Waals surface area contributed by atoms with Gasteiger partial charge < -0.3 is 20.1 Å². The number of benzene rings is 2. The third-order valence-electron chi connectivity index (χ3n) is 4.41. The van der Waals surface area contributed by atoms with Gasteiger partial charge in [0.15, 0.2) is 0 Å². The Morgan fingerprint density at radius 1 is 1.23 bits per heavy atom. The zero-order chi connectivity index (χ0) is 21.7. The van der Waals surface area contributed by atoms with Gasteiger partial charge in [-0.3, -0.25) is 4.79 Å². The second-order valence-corrected chi connectivity index (χ2v) is 8.75. The molecule has 0 saturated carbocycles. The predicted molar refractivity (Wildman–Crippen MR) is 111 cm³/mol. The molecule has 1 fully saturated rings. The highest BCUT2D eigenvalue weighted by molar-refractivity contribution is 7.89. The highest BCUT2D eigenvalue weighted by atomic mass is 35.5. The van der Waals surface area contributed by atoms with Gasteiger partial charge in [-0.1, -0.05) is 11.6 Å². The number of carbonyl (C=O) groups is 1. The van der Waals surface area contributed by atoms with Crippen molar-refractivity contribution < 1.29 is 27.1 Å². The Kier molecular flexibility index (Phi) is 7.14. The molecule has 0 bridgehead atoms. The lowest BCUT2D eigenvalue weighted by Gasteiger charge is -2.26. The number of sulfonamides is 1. The van der Waals surface area contributed by atoms with Crippen LogP contribution in [0.4, 0.5) is 15.8 Å². The Morgan fingerprint density at radius 3 is 2.63 bits per heavy atom. The number of nitrogens with one attached hydrogen (secondary N) is 2. The lowest BCUT2D eigenvalue weighted by molar-refractivity contribution is -0.114. The quantitative estimate of drug-likeness (QED) is 0.663. The fourth-order valence-corrected chi connectivity index (χ4v) is 4.64. The molecule has 3 rings (SSSR count). The van der Waals surface area contributed by atoms with E-state index in [1.807, 2.05) is 0 Å². The maximum Gasteiger partial charge on any atom is 0.246 e. The van der Waals surface area contributed by atoms with Crippen molar-refractivity contribution >= 4 is 38.9 Å². The van der Waals surface area contributed by atoms with E-state index < -0.39 is 21.7 Å². The number of hydrogen-bond acceptors (Lipinski definition) is 6. The molecule has 0 aromatic heterocycles. The van der Waals surface area contributed by atoms with Crippen molar-refractivity contribution in [3.63, 3.8) is 0 Å². The molecule has 8 nitrogen and oxygen atoms in total. The van der Waals surface area contributed by atoms with Crippen LogP contribution < -0.4 is 15.4 Å². The van der Waals surface area contributed by atoms with E-state index in [1.165, 1.54) is 41.7 Å². The summed E-state index contributed by atoms with van der Waals surface area (Å²) in [4.78, 5) is 12.2. The maximum atomic E-state index is 13.8. The van der Waals surface area contributed by atoms with Crippen LogP contribution in [0, 0.1) is 5.82 Å². The number of ether oxygens (including phenoxy) is 2. The predicted octanol–water partition coefficient (Wildman–Crippen LogP) is 2.56. The van der Waals surface area contributed by atoms with Gasteiger partial charge in [0.25, 0.3) is 0 Å². The lowest BCUT2D eigenvalue weighted by Crippen LogP contribution is -2.40. The summed E-state index contributed by atoms with van der Waals surface area (Å²) in [5, 5.41) is 5.51. The van der Waals surface area contributed by atoms with Gasteiger partial charge in [-0.25, -0.2) is 12.8 Å². The molecule has 0 atom stereocenters. The van der Waals surface area contributed by atoms with Crippen molar-refractivity contribution in [1.82, 2.24) is 4.31 Å². The molecule has 2 N–H and O–H groups in total. The minimum Gasteiger partial charge on any atom is -0.495 e. The number of methoxy groups -OCH3 is 1. The minimum absolute atomic E-state index is 0.0543. The first-order valence-corrected chi connectivity index (χ1v) is 10.9.